The van der Waals surface area contributed by atoms with Gasteiger partial charge >= 0.3 is 0 Å². The summed E-state index contributed by atoms with van der Waals surface area (Å²) in [5.74, 6) is -0.590. The van der Waals surface area contributed by atoms with E-state index in [0.29, 0.717) is 0 Å². The van der Waals surface area contributed by atoms with E-state index in [1.807, 2.05) is 0 Å². The Kier molecular flexibility index (Phi) is 4.00. The van der Waals surface area contributed by atoms with Gasteiger partial charge in [-0.05, 0) is 6.92 Å². The van der Waals surface area contributed by atoms with Crippen LogP contribution in [0, 0.1) is 6.92 Å². The van der Waals surface area contributed by atoms with Gasteiger partial charge in [-0.1, -0.05) is 0 Å². The summed E-state index contributed by atoms with van der Waals surface area (Å²) >= 11 is 0. The molecule has 4 nitrogen and oxygen atoms in total. The lowest BCUT2D eigenvalue weighted by Gasteiger charge is -2.04. The summed E-state index contributed by atoms with van der Waals surface area (Å²) in [6.45, 7) is 2.99. The topological polar surface area (TPSA) is 69.6 Å². The van der Waals surface area contributed by atoms with E-state index in [9.17, 15) is 4.79 Å². The highest BCUT2D eigenvalue weighted by Gasteiger charge is 2.10. The number of aliphatic hydroxyl groups is 2. The average Bonchev–Trinajstić information content (AvgIpc) is 1.87. The van der Waals surface area contributed by atoms with Crippen molar-refractivity contribution in [2.75, 3.05) is 13.2 Å². The minimum atomic E-state index is -1.31. The molecule has 0 aliphatic carbocycles. The minimum Gasteiger partial charge on any atom is -0.393 e. The van der Waals surface area contributed by atoms with E-state index in [1.165, 1.54) is 0 Å². The standard InChI is InChI=1S/C5H10NO3/c1-2-6-5(9)4(8)3-7/h4,7-8H,1-3H2,(H,6,9). The quantitative estimate of drug-likeness (QED) is 0.428. The maximum Gasteiger partial charge on any atom is 0.251 e. The van der Waals surface area contributed by atoms with E-state index in [2.05, 4.69) is 12.2 Å². The number of aliphatic hydroxyl groups excluding tert-OH is 2. The van der Waals surface area contributed by atoms with Crippen molar-refractivity contribution in [3.8, 4) is 0 Å². The van der Waals surface area contributed by atoms with Gasteiger partial charge in [0.25, 0.3) is 5.91 Å². The van der Waals surface area contributed by atoms with Crippen molar-refractivity contribution in [3.63, 3.8) is 0 Å². The summed E-state index contributed by atoms with van der Waals surface area (Å²) < 4.78 is 0. The van der Waals surface area contributed by atoms with Crippen LogP contribution in [0.2, 0.25) is 0 Å². The van der Waals surface area contributed by atoms with Crippen molar-refractivity contribution in [1.82, 2.24) is 5.32 Å². The second kappa shape index (κ2) is 4.29. The summed E-state index contributed by atoms with van der Waals surface area (Å²) in [4.78, 5) is 10.4. The van der Waals surface area contributed by atoms with Crippen LogP contribution in [0.3, 0.4) is 0 Å². The Bertz CT molecular complexity index is 94.2. The van der Waals surface area contributed by atoms with Crippen LogP contribution in [0.25, 0.3) is 0 Å². The second-order valence-electron chi connectivity index (χ2n) is 1.49. The first-order chi connectivity index (χ1) is 4.22. The molecule has 1 radical (unpaired) electrons. The Balaban J connectivity index is 3.46. The number of nitrogens with one attached hydrogen (secondary N) is 1. The number of rotatable bonds is 3. The van der Waals surface area contributed by atoms with E-state index < -0.39 is 18.6 Å². The molecule has 0 aromatic carbocycles. The van der Waals surface area contributed by atoms with E-state index in [1.54, 1.807) is 0 Å². The predicted octanol–water partition coefficient (Wildman–Crippen LogP) is -1.71. The van der Waals surface area contributed by atoms with Crippen LogP contribution >= 0.6 is 0 Å². The molecule has 0 bridgehead atoms. The Morgan fingerprint density at radius 2 is 2.33 bits per heavy atom. The maximum atomic E-state index is 10.4. The van der Waals surface area contributed by atoms with Gasteiger partial charge in [-0.25, -0.2) is 0 Å². The normalized spacial score (nSPS) is 12.8. The van der Waals surface area contributed by atoms with Gasteiger partial charge in [0.05, 0.1) is 6.61 Å². The smallest absolute Gasteiger partial charge is 0.251 e. The summed E-state index contributed by atoms with van der Waals surface area (Å²) in [5.41, 5.74) is 0. The highest BCUT2D eigenvalue weighted by molar-refractivity contribution is 5.80. The fraction of sp³-hybridized carbons (Fsp3) is 0.600. The zero-order valence-electron chi connectivity index (χ0n) is 5.00. The van der Waals surface area contributed by atoms with Gasteiger partial charge in [-0.15, -0.1) is 0 Å². The third-order valence-electron chi connectivity index (χ3n) is 0.775. The zero-order valence-corrected chi connectivity index (χ0v) is 5.00. The lowest BCUT2D eigenvalue weighted by Crippen LogP contribution is -2.36. The van der Waals surface area contributed by atoms with Gasteiger partial charge in [0, 0.05) is 6.54 Å². The summed E-state index contributed by atoms with van der Waals surface area (Å²) in [6.07, 6.45) is -1.31. The van der Waals surface area contributed by atoms with Gasteiger partial charge in [-0.3, -0.25) is 4.79 Å². The van der Waals surface area contributed by atoms with Crippen LogP contribution in [0.4, 0.5) is 0 Å². The molecule has 53 valence electrons. The SMILES string of the molecule is [CH2]CNC(=O)C(O)CO. The average molecular weight is 132 g/mol. The van der Waals surface area contributed by atoms with Crippen LogP contribution < -0.4 is 5.32 Å². The van der Waals surface area contributed by atoms with Crippen molar-refractivity contribution in [3.05, 3.63) is 6.92 Å². The van der Waals surface area contributed by atoms with Gasteiger partial charge in [0.1, 0.15) is 0 Å². The van der Waals surface area contributed by atoms with Gasteiger partial charge in [0.15, 0.2) is 6.10 Å². The van der Waals surface area contributed by atoms with Crippen LogP contribution in [0.5, 0.6) is 0 Å². The van der Waals surface area contributed by atoms with Crippen LogP contribution in [0.15, 0.2) is 0 Å². The Labute approximate surface area is 53.5 Å². The Hall–Kier alpha value is -0.610. The molecule has 1 atom stereocenters. The van der Waals surface area contributed by atoms with Gasteiger partial charge in [-0.2, -0.15) is 0 Å². The monoisotopic (exact) mass is 132 g/mol. The first-order valence-corrected chi connectivity index (χ1v) is 2.58. The molecule has 9 heavy (non-hydrogen) atoms. The molecule has 0 saturated carbocycles. The maximum absolute atomic E-state index is 10.4. The number of hydrogen-bond acceptors (Lipinski definition) is 3. The molecule has 0 aliphatic rings. The fourth-order valence-electron chi connectivity index (χ4n) is 0.324. The third-order valence-corrected chi connectivity index (χ3v) is 0.775. The second-order valence-corrected chi connectivity index (χ2v) is 1.49. The zero-order chi connectivity index (χ0) is 7.28. The van der Waals surface area contributed by atoms with Crippen molar-refractivity contribution < 1.29 is 15.0 Å². The van der Waals surface area contributed by atoms with Crippen LogP contribution in [0.1, 0.15) is 0 Å². The van der Waals surface area contributed by atoms with Gasteiger partial charge < -0.3 is 15.5 Å². The number of carbonyl (C=O) groups excluding carboxylic acids is 1. The molecule has 0 rings (SSSR count). The first-order valence-electron chi connectivity index (χ1n) is 2.58. The summed E-state index contributed by atoms with van der Waals surface area (Å²) in [6, 6.07) is 0. The molecule has 0 spiro atoms. The van der Waals surface area contributed by atoms with E-state index in [-0.39, 0.29) is 6.54 Å². The lowest BCUT2D eigenvalue weighted by molar-refractivity contribution is -0.130. The molecule has 0 aromatic rings. The fourth-order valence-corrected chi connectivity index (χ4v) is 0.324. The molecule has 0 aliphatic heterocycles. The van der Waals surface area contributed by atoms with Crippen LogP contribution in [-0.2, 0) is 4.79 Å². The van der Waals surface area contributed by atoms with Crippen molar-refractivity contribution in [1.29, 1.82) is 0 Å². The largest absolute Gasteiger partial charge is 0.393 e. The van der Waals surface area contributed by atoms with E-state index >= 15 is 0 Å². The molecular weight excluding hydrogens is 122 g/mol. The number of hydrogen-bond donors (Lipinski definition) is 3. The molecule has 1 amide bonds. The van der Waals surface area contributed by atoms with E-state index in [4.69, 9.17) is 10.2 Å². The molecule has 3 N–H and O–H groups in total. The van der Waals surface area contributed by atoms with Crippen molar-refractivity contribution in [2.24, 2.45) is 0 Å². The predicted molar refractivity (Wildman–Crippen MR) is 31.5 cm³/mol. The Morgan fingerprint density at radius 3 is 2.67 bits per heavy atom. The number of carbonyl (C=O) groups is 1. The molecule has 0 fully saturated rings. The molecule has 0 saturated heterocycles. The summed E-state index contributed by atoms with van der Waals surface area (Å²) in [7, 11) is 0. The molecule has 4 heteroatoms. The Morgan fingerprint density at radius 1 is 1.78 bits per heavy atom. The third kappa shape index (κ3) is 3.05. The van der Waals surface area contributed by atoms with Gasteiger partial charge in [0.2, 0.25) is 0 Å². The highest BCUT2D eigenvalue weighted by atomic mass is 16.3. The first kappa shape index (κ1) is 8.39. The van der Waals surface area contributed by atoms with Crippen molar-refractivity contribution >= 4 is 5.91 Å². The molecule has 1 unspecified atom stereocenters. The lowest BCUT2D eigenvalue weighted by atomic mass is 10.3. The molecular formula is C5H10NO3. The summed E-state index contributed by atoms with van der Waals surface area (Å²) in [5, 5.41) is 19.0. The molecule has 0 heterocycles. The van der Waals surface area contributed by atoms with Crippen LogP contribution in [-0.4, -0.2) is 35.4 Å². The highest BCUT2D eigenvalue weighted by Crippen LogP contribution is 1.78. The van der Waals surface area contributed by atoms with E-state index in [0.717, 1.165) is 0 Å². The minimum absolute atomic E-state index is 0.218. The number of amides is 1. The molecule has 0 aromatic heterocycles. The van der Waals surface area contributed by atoms with Crippen molar-refractivity contribution in [2.45, 2.75) is 6.10 Å².